The molecule has 0 unspecified atom stereocenters. The van der Waals surface area contributed by atoms with E-state index in [2.05, 4.69) is 9.82 Å². The molecule has 0 saturated heterocycles. The highest BCUT2D eigenvalue weighted by Crippen LogP contribution is 2.40. The van der Waals surface area contributed by atoms with Crippen LogP contribution in [-0.4, -0.2) is 24.2 Å². The van der Waals surface area contributed by atoms with Crippen LogP contribution in [0.3, 0.4) is 0 Å². The number of aryl methyl sites for hydroxylation is 1. The molecule has 114 valence electrons. The summed E-state index contributed by atoms with van der Waals surface area (Å²) < 4.78 is 42.1. The fraction of sp³-hybridized carbons (Fsp3) is 0.286. The molecule has 0 bridgehead atoms. The molecular formula is C14H13FN4O2S. The van der Waals surface area contributed by atoms with Gasteiger partial charge in [-0.2, -0.15) is 10.4 Å². The Hall–Kier alpha value is -2.24. The molecule has 1 saturated carbocycles. The second-order valence-corrected chi connectivity index (χ2v) is 6.99. The topological polar surface area (TPSA) is 87.8 Å². The minimum absolute atomic E-state index is 0.0278. The molecule has 1 aromatic carbocycles. The fourth-order valence-electron chi connectivity index (χ4n) is 2.33. The van der Waals surface area contributed by atoms with E-state index in [0.29, 0.717) is 6.42 Å². The smallest absolute Gasteiger partial charge is 0.240 e. The average molecular weight is 320 g/mol. The van der Waals surface area contributed by atoms with Crippen molar-refractivity contribution in [3.05, 3.63) is 47.5 Å². The number of rotatable bonds is 4. The van der Waals surface area contributed by atoms with E-state index in [0.717, 1.165) is 23.9 Å². The first-order valence-electron chi connectivity index (χ1n) is 6.61. The summed E-state index contributed by atoms with van der Waals surface area (Å²) in [5, 5.41) is 13.0. The molecule has 22 heavy (non-hydrogen) atoms. The van der Waals surface area contributed by atoms with Gasteiger partial charge in [0.15, 0.2) is 0 Å². The van der Waals surface area contributed by atoms with Crippen LogP contribution in [0.25, 0.3) is 0 Å². The van der Waals surface area contributed by atoms with Gasteiger partial charge in [0.05, 0.1) is 22.2 Å². The zero-order valence-electron chi connectivity index (χ0n) is 11.7. The van der Waals surface area contributed by atoms with E-state index in [9.17, 15) is 12.8 Å². The van der Waals surface area contributed by atoms with Crippen molar-refractivity contribution in [3.8, 4) is 6.07 Å². The Morgan fingerprint density at radius 3 is 2.86 bits per heavy atom. The standard InChI is InChI=1S/C14H13FN4O2S/c1-19-3-2-13(17-19)12-7-14(12)18-22(20,21)11-5-9(8-16)4-10(15)6-11/h2-6,12,14,18H,7H2,1H3/t12-,14+/m0/s1. The summed E-state index contributed by atoms with van der Waals surface area (Å²) in [7, 11) is -2.07. The number of nitriles is 1. The molecule has 6 nitrogen and oxygen atoms in total. The number of hydrogen-bond donors (Lipinski definition) is 1. The molecule has 3 rings (SSSR count). The molecule has 0 radical (unpaired) electrons. The maximum Gasteiger partial charge on any atom is 0.240 e. The van der Waals surface area contributed by atoms with E-state index in [-0.39, 0.29) is 22.4 Å². The minimum Gasteiger partial charge on any atom is -0.276 e. The monoisotopic (exact) mass is 320 g/mol. The van der Waals surface area contributed by atoms with Gasteiger partial charge in [-0.1, -0.05) is 0 Å². The van der Waals surface area contributed by atoms with Gasteiger partial charge >= 0.3 is 0 Å². The number of hydrogen-bond acceptors (Lipinski definition) is 4. The van der Waals surface area contributed by atoms with Gasteiger partial charge in [0.1, 0.15) is 5.82 Å². The third-order valence-corrected chi connectivity index (χ3v) is 4.99. The van der Waals surface area contributed by atoms with Crippen molar-refractivity contribution < 1.29 is 12.8 Å². The van der Waals surface area contributed by atoms with E-state index in [1.165, 1.54) is 0 Å². The normalized spacial score (nSPS) is 20.6. The molecular weight excluding hydrogens is 307 g/mol. The third-order valence-electron chi connectivity index (χ3n) is 3.52. The van der Waals surface area contributed by atoms with E-state index in [4.69, 9.17) is 5.26 Å². The van der Waals surface area contributed by atoms with Gasteiger partial charge in [0.25, 0.3) is 0 Å². The Balaban J connectivity index is 1.78. The van der Waals surface area contributed by atoms with Crippen LogP contribution in [0.1, 0.15) is 23.6 Å². The van der Waals surface area contributed by atoms with Gasteiger partial charge in [-0.3, -0.25) is 4.68 Å². The van der Waals surface area contributed by atoms with Crippen LogP contribution < -0.4 is 4.72 Å². The lowest BCUT2D eigenvalue weighted by atomic mass is 10.2. The summed E-state index contributed by atoms with van der Waals surface area (Å²) in [5.74, 6) is -0.725. The zero-order chi connectivity index (χ0) is 15.9. The number of sulfonamides is 1. The number of halogens is 1. The number of nitrogens with zero attached hydrogens (tertiary/aromatic N) is 3. The van der Waals surface area contributed by atoms with Gasteiger partial charge in [-0.15, -0.1) is 0 Å². The summed E-state index contributed by atoms with van der Waals surface area (Å²) in [6.07, 6.45) is 2.45. The Morgan fingerprint density at radius 2 is 2.23 bits per heavy atom. The van der Waals surface area contributed by atoms with Crippen LogP contribution >= 0.6 is 0 Å². The molecule has 1 N–H and O–H groups in total. The summed E-state index contributed by atoms with van der Waals surface area (Å²) >= 11 is 0. The summed E-state index contributed by atoms with van der Waals surface area (Å²) in [4.78, 5) is -0.240. The van der Waals surface area contributed by atoms with E-state index < -0.39 is 15.8 Å². The van der Waals surface area contributed by atoms with Crippen molar-refractivity contribution in [2.75, 3.05) is 0 Å². The highest BCUT2D eigenvalue weighted by molar-refractivity contribution is 7.89. The van der Waals surface area contributed by atoms with Crippen molar-refractivity contribution in [1.29, 1.82) is 5.26 Å². The van der Waals surface area contributed by atoms with Crippen molar-refractivity contribution in [3.63, 3.8) is 0 Å². The molecule has 0 amide bonds. The molecule has 2 atom stereocenters. The van der Waals surface area contributed by atoms with Crippen molar-refractivity contribution in [2.45, 2.75) is 23.3 Å². The third kappa shape index (κ3) is 2.86. The van der Waals surface area contributed by atoms with Gasteiger partial charge in [0.2, 0.25) is 10.0 Å². The largest absolute Gasteiger partial charge is 0.276 e. The van der Waals surface area contributed by atoms with E-state index in [1.54, 1.807) is 24.0 Å². The first kappa shape index (κ1) is 14.7. The molecule has 1 aliphatic rings. The summed E-state index contributed by atoms with van der Waals surface area (Å²) in [5.41, 5.74) is 0.796. The molecule has 8 heteroatoms. The molecule has 1 heterocycles. The summed E-state index contributed by atoms with van der Waals surface area (Å²) in [6.45, 7) is 0. The Kier molecular flexibility index (Phi) is 3.47. The van der Waals surface area contributed by atoms with Crippen LogP contribution in [-0.2, 0) is 17.1 Å². The van der Waals surface area contributed by atoms with Gasteiger partial charge in [-0.05, 0) is 30.7 Å². The van der Waals surface area contributed by atoms with Crippen LogP contribution in [0.2, 0.25) is 0 Å². The van der Waals surface area contributed by atoms with Crippen LogP contribution in [0.5, 0.6) is 0 Å². The lowest BCUT2D eigenvalue weighted by molar-refractivity contribution is 0.575. The molecule has 0 aliphatic heterocycles. The van der Waals surface area contributed by atoms with Crippen molar-refractivity contribution in [2.24, 2.45) is 7.05 Å². The first-order chi connectivity index (χ1) is 10.4. The highest BCUT2D eigenvalue weighted by Gasteiger charge is 2.42. The Labute approximate surface area is 127 Å². The maximum absolute atomic E-state index is 13.4. The molecule has 0 spiro atoms. The second kappa shape index (κ2) is 5.19. The fourth-order valence-corrected chi connectivity index (χ4v) is 3.68. The molecule has 1 aromatic heterocycles. The highest BCUT2D eigenvalue weighted by atomic mass is 32.2. The van der Waals surface area contributed by atoms with Crippen LogP contribution in [0.15, 0.2) is 35.4 Å². The second-order valence-electron chi connectivity index (χ2n) is 5.27. The van der Waals surface area contributed by atoms with E-state index >= 15 is 0 Å². The van der Waals surface area contributed by atoms with Crippen molar-refractivity contribution >= 4 is 10.0 Å². The molecule has 2 aromatic rings. The number of nitrogens with one attached hydrogen (secondary N) is 1. The molecule has 1 aliphatic carbocycles. The van der Waals surface area contributed by atoms with Crippen molar-refractivity contribution in [1.82, 2.24) is 14.5 Å². The van der Waals surface area contributed by atoms with Gasteiger partial charge in [0, 0.05) is 25.2 Å². The minimum atomic E-state index is -3.86. The zero-order valence-corrected chi connectivity index (χ0v) is 12.5. The van der Waals surface area contributed by atoms with Gasteiger partial charge in [-0.25, -0.2) is 17.5 Å². The lowest BCUT2D eigenvalue weighted by Crippen LogP contribution is -2.27. The SMILES string of the molecule is Cn1ccc([C@@H]2C[C@H]2NS(=O)(=O)c2cc(F)cc(C#N)c2)n1. The lowest BCUT2D eigenvalue weighted by Gasteiger charge is -2.06. The van der Waals surface area contributed by atoms with Crippen LogP contribution in [0, 0.1) is 17.1 Å². The number of benzene rings is 1. The number of aromatic nitrogens is 2. The maximum atomic E-state index is 13.4. The van der Waals surface area contributed by atoms with Crippen LogP contribution in [0.4, 0.5) is 4.39 Å². The quantitative estimate of drug-likeness (QED) is 0.919. The predicted molar refractivity (Wildman–Crippen MR) is 75.8 cm³/mol. The predicted octanol–water partition coefficient (Wildman–Crippen LogP) is 1.27. The first-order valence-corrected chi connectivity index (χ1v) is 8.10. The Bertz CT molecular complexity index is 869. The summed E-state index contributed by atoms with van der Waals surface area (Å²) in [6, 6.07) is 6.38. The Morgan fingerprint density at radius 1 is 1.45 bits per heavy atom. The van der Waals surface area contributed by atoms with E-state index in [1.807, 2.05) is 6.07 Å². The molecule has 1 fully saturated rings. The average Bonchev–Trinajstić information content (AvgIpc) is 3.07. The van der Waals surface area contributed by atoms with Gasteiger partial charge < -0.3 is 0 Å².